The van der Waals surface area contributed by atoms with Crippen LogP contribution in [-0.4, -0.2) is 15.8 Å². The molecule has 0 saturated carbocycles. The number of aromatic nitrogens is 2. The minimum absolute atomic E-state index is 0.182. The lowest BCUT2D eigenvalue weighted by Crippen LogP contribution is -2.27. The number of anilines is 1. The third-order valence-electron chi connectivity index (χ3n) is 4.70. The first kappa shape index (κ1) is 20.8. The van der Waals surface area contributed by atoms with E-state index in [-0.39, 0.29) is 5.56 Å². The van der Waals surface area contributed by atoms with Crippen LogP contribution in [0.25, 0.3) is 16.6 Å². The van der Waals surface area contributed by atoms with Crippen molar-refractivity contribution < 1.29 is 0 Å². The van der Waals surface area contributed by atoms with Gasteiger partial charge in [0.25, 0.3) is 5.56 Å². The van der Waals surface area contributed by atoms with Crippen molar-refractivity contribution in [1.29, 1.82) is 0 Å². The van der Waals surface area contributed by atoms with Crippen molar-refractivity contribution >= 4 is 34.7 Å². The van der Waals surface area contributed by atoms with Gasteiger partial charge < -0.3 is 0 Å². The summed E-state index contributed by atoms with van der Waals surface area (Å²) in [6, 6.07) is 11.3. The monoisotopic (exact) mass is 408 g/mol. The molecule has 0 saturated heterocycles. The summed E-state index contributed by atoms with van der Waals surface area (Å²) >= 11 is 6.55. The SMILES string of the molecule is C/C=N\N(/C=C(/C)CC)c1nc2ccc(C)cc2c(=O)n1-c1ccc(C)cc1Cl. The highest BCUT2D eigenvalue weighted by atomic mass is 35.5. The summed E-state index contributed by atoms with van der Waals surface area (Å²) in [4.78, 5) is 18.4. The largest absolute Gasteiger partial charge is 0.268 e. The number of nitrogens with zero attached hydrogens (tertiary/aromatic N) is 4. The first-order valence-electron chi connectivity index (χ1n) is 9.60. The van der Waals surface area contributed by atoms with Crippen LogP contribution in [0.15, 0.2) is 58.1 Å². The van der Waals surface area contributed by atoms with E-state index in [0.717, 1.165) is 23.1 Å². The highest BCUT2D eigenvalue weighted by Gasteiger charge is 2.19. The van der Waals surface area contributed by atoms with Crippen LogP contribution in [0.2, 0.25) is 5.02 Å². The lowest BCUT2D eigenvalue weighted by Gasteiger charge is -2.21. The number of aryl methyl sites for hydroxylation is 2. The molecule has 0 aliphatic carbocycles. The fourth-order valence-electron chi connectivity index (χ4n) is 3.02. The van der Waals surface area contributed by atoms with E-state index in [1.54, 1.807) is 11.2 Å². The fourth-order valence-corrected chi connectivity index (χ4v) is 3.34. The van der Waals surface area contributed by atoms with Crippen LogP contribution in [0.3, 0.4) is 0 Å². The second-order valence-corrected chi connectivity index (χ2v) is 7.48. The van der Waals surface area contributed by atoms with Crippen molar-refractivity contribution in [3.05, 3.63) is 74.7 Å². The van der Waals surface area contributed by atoms with Gasteiger partial charge in [-0.15, -0.1) is 0 Å². The van der Waals surface area contributed by atoms with Crippen molar-refractivity contribution in [2.45, 2.75) is 41.0 Å². The zero-order valence-corrected chi connectivity index (χ0v) is 18.2. The van der Waals surface area contributed by atoms with Crippen molar-refractivity contribution in [3.8, 4) is 5.69 Å². The minimum atomic E-state index is -0.182. The number of hydrazone groups is 1. The molecule has 0 radical (unpaired) electrons. The Bertz CT molecular complexity index is 1180. The van der Waals surface area contributed by atoms with Gasteiger partial charge in [-0.2, -0.15) is 5.10 Å². The Hall–Kier alpha value is -2.92. The smallest absolute Gasteiger partial charge is 0.267 e. The van der Waals surface area contributed by atoms with Gasteiger partial charge in [-0.3, -0.25) is 4.79 Å². The number of hydrogen-bond donors (Lipinski definition) is 0. The average Bonchev–Trinajstić information content (AvgIpc) is 2.68. The maximum Gasteiger partial charge on any atom is 0.267 e. The molecule has 0 aliphatic heterocycles. The molecule has 150 valence electrons. The van der Waals surface area contributed by atoms with Crippen LogP contribution in [-0.2, 0) is 0 Å². The second-order valence-electron chi connectivity index (χ2n) is 7.08. The van der Waals surface area contributed by atoms with Gasteiger partial charge in [-0.05, 0) is 63.9 Å². The molecule has 0 fully saturated rings. The summed E-state index contributed by atoms with van der Waals surface area (Å²) in [5.41, 5.74) is 4.13. The predicted molar refractivity (Wildman–Crippen MR) is 123 cm³/mol. The van der Waals surface area contributed by atoms with Gasteiger partial charge in [-0.1, -0.05) is 41.8 Å². The molecule has 29 heavy (non-hydrogen) atoms. The summed E-state index contributed by atoms with van der Waals surface area (Å²) in [6.07, 6.45) is 4.42. The lowest BCUT2D eigenvalue weighted by atomic mass is 10.1. The Morgan fingerprint density at radius 2 is 1.90 bits per heavy atom. The van der Waals surface area contributed by atoms with Crippen LogP contribution in [0.1, 0.15) is 38.3 Å². The maximum atomic E-state index is 13.6. The molecule has 0 atom stereocenters. The highest BCUT2D eigenvalue weighted by molar-refractivity contribution is 6.32. The van der Waals surface area contributed by atoms with E-state index in [0.29, 0.717) is 27.6 Å². The predicted octanol–water partition coefficient (Wildman–Crippen LogP) is 5.78. The molecule has 0 N–H and O–H groups in total. The number of halogens is 1. The van der Waals surface area contributed by atoms with Crippen LogP contribution < -0.4 is 10.6 Å². The van der Waals surface area contributed by atoms with Crippen LogP contribution in [0.4, 0.5) is 5.95 Å². The van der Waals surface area contributed by atoms with Crippen molar-refractivity contribution in [2.75, 3.05) is 5.01 Å². The molecule has 0 bridgehead atoms. The number of allylic oxidation sites excluding steroid dienone is 1. The lowest BCUT2D eigenvalue weighted by molar-refractivity contribution is 0.876. The van der Waals surface area contributed by atoms with Gasteiger partial charge in [0, 0.05) is 12.4 Å². The van der Waals surface area contributed by atoms with Crippen LogP contribution in [0, 0.1) is 13.8 Å². The Morgan fingerprint density at radius 3 is 2.55 bits per heavy atom. The van der Waals surface area contributed by atoms with E-state index in [4.69, 9.17) is 16.6 Å². The van der Waals surface area contributed by atoms with E-state index in [2.05, 4.69) is 12.0 Å². The normalized spacial score (nSPS) is 12.1. The number of hydrogen-bond acceptors (Lipinski definition) is 4. The Morgan fingerprint density at radius 1 is 1.21 bits per heavy atom. The van der Waals surface area contributed by atoms with E-state index >= 15 is 0 Å². The first-order valence-corrected chi connectivity index (χ1v) is 9.98. The zero-order valence-electron chi connectivity index (χ0n) is 17.4. The Balaban J connectivity index is 2.44. The fraction of sp³-hybridized carbons (Fsp3) is 0.261. The first-order chi connectivity index (χ1) is 13.8. The van der Waals surface area contributed by atoms with Crippen molar-refractivity contribution in [2.24, 2.45) is 5.10 Å². The van der Waals surface area contributed by atoms with E-state index < -0.39 is 0 Å². The van der Waals surface area contributed by atoms with Crippen molar-refractivity contribution in [1.82, 2.24) is 9.55 Å². The highest BCUT2D eigenvalue weighted by Crippen LogP contribution is 2.27. The van der Waals surface area contributed by atoms with Gasteiger partial charge in [0.15, 0.2) is 0 Å². The molecule has 2 aromatic carbocycles. The molecule has 5 nitrogen and oxygen atoms in total. The van der Waals surface area contributed by atoms with Crippen molar-refractivity contribution in [3.63, 3.8) is 0 Å². The quantitative estimate of drug-likeness (QED) is 0.397. The third-order valence-corrected chi connectivity index (χ3v) is 5.00. The summed E-state index contributed by atoms with van der Waals surface area (Å²) in [6.45, 7) is 9.83. The minimum Gasteiger partial charge on any atom is -0.268 e. The molecule has 1 heterocycles. The van der Waals surface area contributed by atoms with Crippen LogP contribution in [0.5, 0.6) is 0 Å². The Kier molecular flexibility index (Phi) is 6.18. The molecule has 0 amide bonds. The molecule has 6 heteroatoms. The van der Waals surface area contributed by atoms with E-state index in [1.165, 1.54) is 4.57 Å². The molecular weight excluding hydrogens is 384 g/mol. The van der Waals surface area contributed by atoms with Gasteiger partial charge >= 0.3 is 0 Å². The topological polar surface area (TPSA) is 50.5 Å². The number of fused-ring (bicyclic) bond motifs is 1. The number of benzene rings is 2. The molecule has 0 spiro atoms. The number of rotatable bonds is 5. The molecule has 0 unspecified atom stereocenters. The molecular formula is C23H25ClN4O. The summed E-state index contributed by atoms with van der Waals surface area (Å²) in [5, 5.41) is 7.11. The second kappa shape index (κ2) is 8.62. The summed E-state index contributed by atoms with van der Waals surface area (Å²) < 4.78 is 1.54. The maximum absolute atomic E-state index is 13.6. The Labute approximate surface area is 176 Å². The van der Waals surface area contributed by atoms with Gasteiger partial charge in [0.1, 0.15) is 0 Å². The summed E-state index contributed by atoms with van der Waals surface area (Å²) in [7, 11) is 0. The summed E-state index contributed by atoms with van der Waals surface area (Å²) in [5.74, 6) is 0.392. The third kappa shape index (κ3) is 4.25. The van der Waals surface area contributed by atoms with Gasteiger partial charge in [-0.25, -0.2) is 14.6 Å². The standard InChI is InChI=1S/C23H25ClN4O/c1-6-15(3)14-27(25-7-2)23-26-20-10-8-16(4)12-18(20)22(29)28(23)21-11-9-17(5)13-19(21)24/h7-14H,6H2,1-5H3/b15-14-,25-7-. The molecule has 3 aromatic rings. The zero-order chi connectivity index (χ0) is 21.1. The molecule has 0 aliphatic rings. The van der Waals surface area contributed by atoms with Crippen LogP contribution >= 0.6 is 11.6 Å². The van der Waals surface area contributed by atoms with Gasteiger partial charge in [0.2, 0.25) is 5.95 Å². The molecule has 3 rings (SSSR count). The van der Waals surface area contributed by atoms with E-state index in [9.17, 15) is 4.79 Å². The van der Waals surface area contributed by atoms with Gasteiger partial charge in [0.05, 0.1) is 21.6 Å². The average molecular weight is 409 g/mol. The van der Waals surface area contributed by atoms with E-state index in [1.807, 2.05) is 70.3 Å². The molecule has 1 aromatic heterocycles.